The van der Waals surface area contributed by atoms with Crippen molar-refractivity contribution in [2.24, 2.45) is 11.7 Å². The highest BCUT2D eigenvalue weighted by atomic mass is 15.2. The molecule has 2 N–H and O–H groups in total. The maximum atomic E-state index is 5.84. The lowest BCUT2D eigenvalue weighted by atomic mass is 10.0. The molecular weight excluding hydrogens is 186 g/mol. The second-order valence-electron chi connectivity index (χ2n) is 4.93. The third-order valence-electron chi connectivity index (χ3n) is 3.63. The van der Waals surface area contributed by atoms with E-state index in [1.54, 1.807) is 0 Å². The first-order valence-corrected chi connectivity index (χ1v) is 6.27. The average molecular weight is 213 g/mol. The predicted octanol–water partition coefficient (Wildman–Crippen LogP) is 0.997. The number of hydrogen-bond acceptors (Lipinski definition) is 3. The first-order chi connectivity index (χ1) is 7.19. The summed E-state index contributed by atoms with van der Waals surface area (Å²) in [5.41, 5.74) is 5.84. The number of nitrogens with zero attached hydrogens (tertiary/aromatic N) is 2. The zero-order valence-electron chi connectivity index (χ0n) is 10.6. The van der Waals surface area contributed by atoms with Crippen molar-refractivity contribution in [3.8, 4) is 0 Å². The fourth-order valence-electron chi connectivity index (χ4n) is 2.66. The monoisotopic (exact) mass is 213 g/mol. The van der Waals surface area contributed by atoms with Crippen molar-refractivity contribution in [2.45, 2.75) is 32.2 Å². The van der Waals surface area contributed by atoms with Crippen molar-refractivity contribution >= 4 is 0 Å². The van der Waals surface area contributed by atoms with Crippen LogP contribution in [-0.4, -0.2) is 56.1 Å². The van der Waals surface area contributed by atoms with Crippen LogP contribution in [-0.2, 0) is 0 Å². The molecule has 3 heteroatoms. The van der Waals surface area contributed by atoms with Gasteiger partial charge in [0.05, 0.1) is 0 Å². The number of nitrogens with two attached hydrogens (primary N) is 1. The molecule has 0 spiro atoms. The van der Waals surface area contributed by atoms with Gasteiger partial charge in [0, 0.05) is 19.1 Å². The summed E-state index contributed by atoms with van der Waals surface area (Å²) in [4.78, 5) is 4.87. The van der Waals surface area contributed by atoms with Crippen molar-refractivity contribution in [3.63, 3.8) is 0 Å². The van der Waals surface area contributed by atoms with Crippen LogP contribution in [0.4, 0.5) is 0 Å². The molecule has 0 saturated heterocycles. The Hall–Kier alpha value is -0.120. The molecule has 0 aromatic rings. The molecule has 90 valence electrons. The van der Waals surface area contributed by atoms with Gasteiger partial charge >= 0.3 is 0 Å². The third kappa shape index (κ3) is 3.74. The van der Waals surface area contributed by atoms with Gasteiger partial charge in [-0.15, -0.1) is 0 Å². The maximum Gasteiger partial charge on any atom is 0.0136 e. The summed E-state index contributed by atoms with van der Waals surface area (Å²) in [6, 6.07) is 0.750. The summed E-state index contributed by atoms with van der Waals surface area (Å²) in [6.45, 7) is 6.63. The molecule has 15 heavy (non-hydrogen) atoms. The molecule has 2 atom stereocenters. The summed E-state index contributed by atoms with van der Waals surface area (Å²) in [5, 5.41) is 0. The van der Waals surface area contributed by atoms with Crippen LogP contribution in [0.5, 0.6) is 0 Å². The van der Waals surface area contributed by atoms with E-state index in [1.165, 1.54) is 25.8 Å². The van der Waals surface area contributed by atoms with E-state index in [9.17, 15) is 0 Å². The molecular formula is C12H27N3. The Labute approximate surface area is 94.6 Å². The molecule has 0 heterocycles. The first-order valence-electron chi connectivity index (χ1n) is 6.27. The smallest absolute Gasteiger partial charge is 0.0136 e. The highest BCUT2D eigenvalue weighted by Crippen LogP contribution is 2.28. The summed E-state index contributed by atoms with van der Waals surface area (Å²) in [7, 11) is 4.28. The van der Waals surface area contributed by atoms with Crippen molar-refractivity contribution < 1.29 is 0 Å². The van der Waals surface area contributed by atoms with Crippen LogP contribution in [0, 0.1) is 5.92 Å². The molecule has 3 nitrogen and oxygen atoms in total. The predicted molar refractivity (Wildman–Crippen MR) is 66.0 cm³/mol. The fraction of sp³-hybridized carbons (Fsp3) is 1.00. The van der Waals surface area contributed by atoms with E-state index in [4.69, 9.17) is 5.73 Å². The first kappa shape index (κ1) is 12.9. The molecule has 1 aliphatic rings. The highest BCUT2D eigenvalue weighted by molar-refractivity contribution is 4.85. The second-order valence-corrected chi connectivity index (χ2v) is 4.93. The molecule has 1 fully saturated rings. The average Bonchev–Trinajstić information content (AvgIpc) is 2.66. The van der Waals surface area contributed by atoms with Gasteiger partial charge in [0.1, 0.15) is 0 Å². The van der Waals surface area contributed by atoms with Crippen LogP contribution in [0.15, 0.2) is 0 Å². The molecule has 1 aliphatic carbocycles. The summed E-state index contributed by atoms with van der Waals surface area (Å²) >= 11 is 0. The lowest BCUT2D eigenvalue weighted by molar-refractivity contribution is 0.156. The number of rotatable bonds is 6. The normalized spacial score (nSPS) is 26.8. The summed E-state index contributed by atoms with van der Waals surface area (Å²) in [5.74, 6) is 0.743. The lowest BCUT2D eigenvalue weighted by Gasteiger charge is -2.32. The van der Waals surface area contributed by atoms with Crippen molar-refractivity contribution in [3.05, 3.63) is 0 Å². The Bertz CT molecular complexity index is 170. The van der Waals surface area contributed by atoms with Gasteiger partial charge in [0.15, 0.2) is 0 Å². The Morgan fingerprint density at radius 3 is 2.47 bits per heavy atom. The van der Waals surface area contributed by atoms with E-state index in [2.05, 4.69) is 30.8 Å². The van der Waals surface area contributed by atoms with Gasteiger partial charge in [-0.1, -0.05) is 13.3 Å². The highest BCUT2D eigenvalue weighted by Gasteiger charge is 2.29. The molecule has 1 saturated carbocycles. The molecule has 0 aliphatic heterocycles. The van der Waals surface area contributed by atoms with E-state index < -0.39 is 0 Å². The van der Waals surface area contributed by atoms with Gasteiger partial charge in [-0.25, -0.2) is 0 Å². The second kappa shape index (κ2) is 6.46. The van der Waals surface area contributed by atoms with Crippen LogP contribution in [0.25, 0.3) is 0 Å². The van der Waals surface area contributed by atoms with E-state index in [-0.39, 0.29) is 0 Å². The van der Waals surface area contributed by atoms with Gasteiger partial charge in [0.25, 0.3) is 0 Å². The van der Waals surface area contributed by atoms with Gasteiger partial charge in [-0.3, -0.25) is 4.90 Å². The van der Waals surface area contributed by atoms with Gasteiger partial charge in [-0.05, 0) is 45.9 Å². The Morgan fingerprint density at radius 1 is 1.20 bits per heavy atom. The standard InChI is InChI=1S/C12H27N3/c1-4-15(9-8-14(2)3)12-7-5-6-11(12)10-13/h11-12H,4-10,13H2,1-3H3. The molecule has 0 radical (unpaired) electrons. The molecule has 0 aromatic carbocycles. The van der Waals surface area contributed by atoms with Crippen LogP contribution in [0.2, 0.25) is 0 Å². The van der Waals surface area contributed by atoms with E-state index >= 15 is 0 Å². The van der Waals surface area contributed by atoms with Crippen molar-refractivity contribution in [1.82, 2.24) is 9.80 Å². The number of likely N-dealkylation sites (N-methyl/N-ethyl adjacent to an activating group) is 2. The molecule has 2 unspecified atom stereocenters. The third-order valence-corrected chi connectivity index (χ3v) is 3.63. The minimum atomic E-state index is 0.743. The topological polar surface area (TPSA) is 32.5 Å². The zero-order chi connectivity index (χ0) is 11.3. The van der Waals surface area contributed by atoms with E-state index in [1.807, 2.05) is 0 Å². The Kier molecular flexibility index (Phi) is 5.58. The van der Waals surface area contributed by atoms with Crippen LogP contribution in [0.1, 0.15) is 26.2 Å². The van der Waals surface area contributed by atoms with Gasteiger partial charge in [-0.2, -0.15) is 0 Å². The summed E-state index contributed by atoms with van der Waals surface area (Å²) < 4.78 is 0. The van der Waals surface area contributed by atoms with E-state index in [0.717, 1.165) is 31.6 Å². The molecule has 0 amide bonds. The van der Waals surface area contributed by atoms with Crippen molar-refractivity contribution in [2.75, 3.05) is 40.3 Å². The quantitative estimate of drug-likeness (QED) is 0.714. The van der Waals surface area contributed by atoms with Crippen LogP contribution >= 0.6 is 0 Å². The largest absolute Gasteiger partial charge is 0.330 e. The Balaban J connectivity index is 2.42. The summed E-state index contributed by atoms with van der Waals surface area (Å²) in [6.07, 6.45) is 4.05. The minimum absolute atomic E-state index is 0.743. The fourth-order valence-corrected chi connectivity index (χ4v) is 2.66. The lowest BCUT2D eigenvalue weighted by Crippen LogP contribution is -2.43. The molecule has 1 rings (SSSR count). The number of hydrogen-bond donors (Lipinski definition) is 1. The van der Waals surface area contributed by atoms with Crippen LogP contribution in [0.3, 0.4) is 0 Å². The van der Waals surface area contributed by atoms with E-state index in [0.29, 0.717) is 0 Å². The Morgan fingerprint density at radius 2 is 1.93 bits per heavy atom. The minimum Gasteiger partial charge on any atom is -0.330 e. The van der Waals surface area contributed by atoms with Crippen molar-refractivity contribution in [1.29, 1.82) is 0 Å². The van der Waals surface area contributed by atoms with Gasteiger partial charge < -0.3 is 10.6 Å². The maximum absolute atomic E-state index is 5.84. The van der Waals surface area contributed by atoms with Gasteiger partial charge in [0.2, 0.25) is 0 Å². The molecule has 0 aromatic heterocycles. The SMILES string of the molecule is CCN(CCN(C)C)C1CCCC1CN. The zero-order valence-corrected chi connectivity index (χ0v) is 10.6. The van der Waals surface area contributed by atoms with Crippen LogP contribution < -0.4 is 5.73 Å². The molecule has 0 bridgehead atoms.